The number of amides is 2. The van der Waals surface area contributed by atoms with Gasteiger partial charge in [-0.25, -0.2) is 4.79 Å². The van der Waals surface area contributed by atoms with Crippen molar-refractivity contribution in [3.05, 3.63) is 0 Å². The van der Waals surface area contributed by atoms with Gasteiger partial charge in [-0.05, 0) is 32.1 Å². The Balaban J connectivity index is 1.91. The first-order valence-corrected chi connectivity index (χ1v) is 6.46. The Kier molecular flexibility index (Phi) is 3.69. The molecule has 2 saturated heterocycles. The number of carbonyl (C=O) groups excluding carboxylic acids is 1. The van der Waals surface area contributed by atoms with Crippen molar-refractivity contribution in [2.45, 2.75) is 51.2 Å². The summed E-state index contributed by atoms with van der Waals surface area (Å²) in [5.41, 5.74) is 0. The van der Waals surface area contributed by atoms with Crippen LogP contribution in [0.5, 0.6) is 0 Å². The molecule has 0 radical (unpaired) electrons. The van der Waals surface area contributed by atoms with E-state index in [9.17, 15) is 9.90 Å². The second-order valence-electron chi connectivity index (χ2n) is 4.90. The van der Waals surface area contributed by atoms with Crippen molar-refractivity contribution in [1.82, 2.24) is 9.80 Å². The van der Waals surface area contributed by atoms with E-state index < -0.39 is 0 Å². The molecule has 2 aliphatic rings. The van der Waals surface area contributed by atoms with Crippen LogP contribution >= 0.6 is 0 Å². The summed E-state index contributed by atoms with van der Waals surface area (Å²) in [6, 6.07) is 0.635. The molecule has 92 valence electrons. The third-order valence-electron chi connectivity index (χ3n) is 3.83. The number of piperidine rings is 1. The number of likely N-dealkylation sites (tertiary alicyclic amines) is 2. The molecule has 0 saturated carbocycles. The highest BCUT2D eigenvalue weighted by atomic mass is 16.3. The maximum absolute atomic E-state index is 12.2. The fraction of sp³-hybridized carbons (Fsp3) is 0.917. The molecule has 0 aromatic rings. The summed E-state index contributed by atoms with van der Waals surface area (Å²) < 4.78 is 0. The number of hydrogen-bond acceptors (Lipinski definition) is 2. The molecule has 0 aromatic carbocycles. The number of rotatable bonds is 1. The van der Waals surface area contributed by atoms with Gasteiger partial charge in [0.25, 0.3) is 0 Å². The van der Waals surface area contributed by atoms with Crippen LogP contribution in [0, 0.1) is 0 Å². The molecule has 0 unspecified atom stereocenters. The lowest BCUT2D eigenvalue weighted by molar-refractivity contribution is 0.0795. The molecule has 4 heteroatoms. The molecule has 2 aliphatic heterocycles. The molecule has 2 rings (SSSR count). The zero-order valence-corrected chi connectivity index (χ0v) is 10.1. The Morgan fingerprint density at radius 1 is 1.25 bits per heavy atom. The Labute approximate surface area is 97.2 Å². The van der Waals surface area contributed by atoms with Crippen molar-refractivity contribution in [2.24, 2.45) is 0 Å². The first-order chi connectivity index (χ1) is 7.72. The number of urea groups is 1. The topological polar surface area (TPSA) is 43.8 Å². The average molecular weight is 226 g/mol. The van der Waals surface area contributed by atoms with Crippen molar-refractivity contribution < 1.29 is 9.90 Å². The quantitative estimate of drug-likeness (QED) is 0.735. The molecule has 0 aliphatic carbocycles. The Morgan fingerprint density at radius 2 is 1.94 bits per heavy atom. The average Bonchev–Trinajstić information content (AvgIpc) is 2.77. The fourth-order valence-corrected chi connectivity index (χ4v) is 2.75. The van der Waals surface area contributed by atoms with Gasteiger partial charge in [-0.15, -0.1) is 0 Å². The summed E-state index contributed by atoms with van der Waals surface area (Å²) in [6.07, 6.45) is 4.61. The van der Waals surface area contributed by atoms with Crippen molar-refractivity contribution in [2.75, 3.05) is 19.6 Å². The van der Waals surface area contributed by atoms with E-state index in [-0.39, 0.29) is 12.1 Å². The second kappa shape index (κ2) is 5.04. The number of aliphatic hydroxyl groups is 1. The summed E-state index contributed by atoms with van der Waals surface area (Å²) >= 11 is 0. The molecular weight excluding hydrogens is 204 g/mol. The summed E-state index contributed by atoms with van der Waals surface area (Å²) in [7, 11) is 0. The predicted molar refractivity (Wildman–Crippen MR) is 62.2 cm³/mol. The molecule has 0 spiro atoms. The molecule has 2 heterocycles. The maximum atomic E-state index is 12.2. The first-order valence-electron chi connectivity index (χ1n) is 6.46. The van der Waals surface area contributed by atoms with E-state index in [2.05, 4.69) is 6.92 Å². The highest BCUT2D eigenvalue weighted by Crippen LogP contribution is 2.22. The monoisotopic (exact) mass is 226 g/mol. The van der Waals surface area contributed by atoms with Crippen molar-refractivity contribution in [3.63, 3.8) is 0 Å². The van der Waals surface area contributed by atoms with Gasteiger partial charge in [0.2, 0.25) is 0 Å². The van der Waals surface area contributed by atoms with Crippen LogP contribution in [0.15, 0.2) is 0 Å². The minimum Gasteiger partial charge on any atom is -0.393 e. The lowest BCUT2D eigenvalue weighted by Crippen LogP contribution is -2.48. The van der Waals surface area contributed by atoms with E-state index in [0.29, 0.717) is 19.1 Å². The van der Waals surface area contributed by atoms with Gasteiger partial charge in [0, 0.05) is 25.7 Å². The van der Waals surface area contributed by atoms with Gasteiger partial charge in [-0.2, -0.15) is 0 Å². The zero-order valence-electron chi connectivity index (χ0n) is 10.1. The van der Waals surface area contributed by atoms with E-state index in [1.165, 1.54) is 0 Å². The smallest absolute Gasteiger partial charge is 0.320 e. The fourth-order valence-electron chi connectivity index (χ4n) is 2.75. The summed E-state index contributed by atoms with van der Waals surface area (Å²) in [6.45, 7) is 4.49. The van der Waals surface area contributed by atoms with Gasteiger partial charge in [0.15, 0.2) is 0 Å². The van der Waals surface area contributed by atoms with E-state index in [1.54, 1.807) is 0 Å². The predicted octanol–water partition coefficient (Wildman–Crippen LogP) is 1.44. The van der Waals surface area contributed by atoms with Crippen LogP contribution in [0.3, 0.4) is 0 Å². The summed E-state index contributed by atoms with van der Waals surface area (Å²) in [5, 5.41) is 9.42. The van der Waals surface area contributed by atoms with Crippen molar-refractivity contribution in [3.8, 4) is 0 Å². The number of nitrogens with zero attached hydrogens (tertiary/aromatic N) is 2. The van der Waals surface area contributed by atoms with Crippen molar-refractivity contribution >= 4 is 6.03 Å². The Morgan fingerprint density at radius 3 is 2.56 bits per heavy atom. The maximum Gasteiger partial charge on any atom is 0.320 e. The largest absolute Gasteiger partial charge is 0.393 e. The molecule has 2 amide bonds. The highest BCUT2D eigenvalue weighted by Gasteiger charge is 2.31. The molecule has 1 N–H and O–H groups in total. The lowest BCUT2D eigenvalue weighted by atomic mass is 10.1. The minimum atomic E-state index is -0.204. The van der Waals surface area contributed by atoms with E-state index in [4.69, 9.17) is 0 Å². The van der Waals surface area contributed by atoms with Crippen LogP contribution in [-0.2, 0) is 0 Å². The zero-order chi connectivity index (χ0) is 11.5. The molecule has 0 bridgehead atoms. The lowest BCUT2D eigenvalue weighted by Gasteiger charge is -2.35. The summed E-state index contributed by atoms with van der Waals surface area (Å²) in [4.78, 5) is 16.2. The second-order valence-corrected chi connectivity index (χ2v) is 4.90. The highest BCUT2D eigenvalue weighted by molar-refractivity contribution is 5.75. The van der Waals surface area contributed by atoms with Crippen LogP contribution in [0.1, 0.15) is 39.0 Å². The molecule has 0 aromatic heterocycles. The third-order valence-corrected chi connectivity index (χ3v) is 3.83. The van der Waals surface area contributed by atoms with Gasteiger partial charge < -0.3 is 14.9 Å². The number of hydrogen-bond donors (Lipinski definition) is 1. The van der Waals surface area contributed by atoms with Gasteiger partial charge in [-0.3, -0.25) is 0 Å². The van der Waals surface area contributed by atoms with Crippen LogP contribution in [-0.4, -0.2) is 52.7 Å². The van der Waals surface area contributed by atoms with E-state index >= 15 is 0 Å². The van der Waals surface area contributed by atoms with Gasteiger partial charge in [0.1, 0.15) is 0 Å². The van der Waals surface area contributed by atoms with E-state index in [0.717, 1.165) is 38.6 Å². The Hall–Kier alpha value is -0.770. The molecule has 16 heavy (non-hydrogen) atoms. The third kappa shape index (κ3) is 2.32. The molecule has 2 fully saturated rings. The first kappa shape index (κ1) is 11.7. The SMILES string of the molecule is CC[C@@H]1CCCN1C(=O)N1CCC(O)CC1. The van der Waals surface area contributed by atoms with Gasteiger partial charge in [0.05, 0.1) is 6.10 Å². The van der Waals surface area contributed by atoms with Crippen LogP contribution in [0.4, 0.5) is 4.79 Å². The number of carbonyl (C=O) groups is 1. The van der Waals surface area contributed by atoms with Crippen molar-refractivity contribution in [1.29, 1.82) is 0 Å². The van der Waals surface area contributed by atoms with Gasteiger partial charge in [-0.1, -0.05) is 6.92 Å². The summed E-state index contributed by atoms with van der Waals surface area (Å²) in [5.74, 6) is 0. The van der Waals surface area contributed by atoms with Crippen LogP contribution in [0.25, 0.3) is 0 Å². The van der Waals surface area contributed by atoms with E-state index in [1.807, 2.05) is 9.80 Å². The van der Waals surface area contributed by atoms with Crippen LogP contribution in [0.2, 0.25) is 0 Å². The molecule has 4 nitrogen and oxygen atoms in total. The minimum absolute atomic E-state index is 0.191. The number of aliphatic hydroxyl groups excluding tert-OH is 1. The normalized spacial score (nSPS) is 27.5. The van der Waals surface area contributed by atoms with Gasteiger partial charge >= 0.3 is 6.03 Å². The van der Waals surface area contributed by atoms with Crippen LogP contribution < -0.4 is 0 Å². The standard InChI is InChI=1S/C12H22N2O2/c1-2-10-4-3-7-14(10)12(16)13-8-5-11(15)6-9-13/h10-11,15H,2-9H2,1H3/t10-/m1/s1. The molecule has 1 atom stereocenters. The molecular formula is C12H22N2O2. The Bertz CT molecular complexity index is 249.